The maximum absolute atomic E-state index is 12.8. The van der Waals surface area contributed by atoms with Gasteiger partial charge in [0.15, 0.2) is 11.6 Å². The van der Waals surface area contributed by atoms with Crippen LogP contribution in [0, 0.1) is 0 Å². The third kappa shape index (κ3) is 3.98. The minimum Gasteiger partial charge on any atom is -0.497 e. The fourth-order valence-electron chi connectivity index (χ4n) is 3.47. The molecule has 32 heavy (non-hydrogen) atoms. The summed E-state index contributed by atoms with van der Waals surface area (Å²) in [6.45, 7) is 0.272. The zero-order valence-corrected chi connectivity index (χ0v) is 17.4. The number of aromatic nitrogens is 3. The van der Waals surface area contributed by atoms with E-state index < -0.39 is 11.7 Å². The molecule has 0 amide bonds. The number of hydrogen-bond acceptors (Lipinski definition) is 6. The largest absolute Gasteiger partial charge is 0.497 e. The Hall–Kier alpha value is -3.95. The lowest BCUT2D eigenvalue weighted by Crippen LogP contribution is -2.07. The zero-order chi connectivity index (χ0) is 22.9. The van der Waals surface area contributed by atoms with E-state index in [2.05, 4.69) is 20.8 Å². The molecule has 0 aliphatic carbocycles. The highest BCUT2D eigenvalue weighted by Crippen LogP contribution is 2.36. The molecule has 4 N–H and O–H groups in total. The number of nitrogen functional groups attached to an aromatic ring is 1. The average molecular weight is 442 g/mol. The highest BCUT2D eigenvalue weighted by atomic mass is 19.4. The third-order valence-corrected chi connectivity index (χ3v) is 5.10. The monoisotopic (exact) mass is 442 g/mol. The Morgan fingerprint density at radius 2 is 1.72 bits per heavy atom. The van der Waals surface area contributed by atoms with E-state index >= 15 is 0 Å². The van der Waals surface area contributed by atoms with Crippen LogP contribution in [0.5, 0.6) is 5.75 Å². The predicted octanol–water partition coefficient (Wildman–Crippen LogP) is 4.68. The topological polar surface area (TPSA) is 90.0 Å². The summed E-state index contributed by atoms with van der Waals surface area (Å²) < 4.78 is 45.5. The summed E-state index contributed by atoms with van der Waals surface area (Å²) in [5, 5.41) is 15.9. The molecule has 4 rings (SSSR count). The van der Waals surface area contributed by atoms with Crippen molar-refractivity contribution in [2.24, 2.45) is 0 Å². The summed E-state index contributed by atoms with van der Waals surface area (Å²) in [4.78, 5) is 0. The van der Waals surface area contributed by atoms with Gasteiger partial charge in [-0.2, -0.15) is 13.2 Å². The van der Waals surface area contributed by atoms with Gasteiger partial charge in [-0.1, -0.05) is 12.1 Å². The second-order valence-electron chi connectivity index (χ2n) is 7.07. The molecule has 0 saturated heterocycles. The quantitative estimate of drug-likeness (QED) is 0.402. The number of rotatable bonds is 6. The summed E-state index contributed by atoms with van der Waals surface area (Å²) in [6.07, 6.45) is -2.49. The number of nitrogens with two attached hydrogens (primary N) is 1. The summed E-state index contributed by atoms with van der Waals surface area (Å²) in [5.74, 6) is 2.20. The van der Waals surface area contributed by atoms with Crippen LogP contribution < -0.4 is 21.1 Å². The Bertz CT molecular complexity index is 1230. The van der Waals surface area contributed by atoms with Crippen LogP contribution in [-0.2, 0) is 12.7 Å². The zero-order valence-electron chi connectivity index (χ0n) is 17.4. The summed E-state index contributed by atoms with van der Waals surface area (Å²) in [6, 6.07) is 12.5. The molecule has 0 saturated carbocycles. The van der Waals surface area contributed by atoms with Crippen LogP contribution in [0.15, 0.2) is 54.7 Å². The van der Waals surface area contributed by atoms with E-state index in [9.17, 15) is 13.2 Å². The average Bonchev–Trinajstić information content (AvgIpc) is 3.19. The Labute approximate surface area is 182 Å². The molecule has 0 aliphatic heterocycles. The summed E-state index contributed by atoms with van der Waals surface area (Å²) in [7, 11) is 3.38. The second-order valence-corrected chi connectivity index (χ2v) is 7.07. The van der Waals surface area contributed by atoms with Crippen LogP contribution in [0.3, 0.4) is 0 Å². The van der Waals surface area contributed by atoms with E-state index in [1.807, 2.05) is 35.0 Å². The van der Waals surface area contributed by atoms with Crippen molar-refractivity contribution in [3.05, 3.63) is 65.9 Å². The van der Waals surface area contributed by atoms with Gasteiger partial charge in [-0.25, -0.2) is 0 Å². The number of benzene rings is 2. The Morgan fingerprint density at radius 1 is 1.03 bits per heavy atom. The van der Waals surface area contributed by atoms with Crippen LogP contribution in [0.4, 0.5) is 30.6 Å². The van der Waals surface area contributed by atoms with Gasteiger partial charge in [-0.3, -0.25) is 0 Å². The number of ether oxygens (including phenoxy) is 1. The van der Waals surface area contributed by atoms with Crippen molar-refractivity contribution in [2.45, 2.75) is 12.7 Å². The standard InChI is InChI=1S/C22H21F3N6O/c1-27-21-18-17(12-31(21)15-7-9-16(32-2)10-8-15)20(30-29-19(18)26)28-11-13-3-5-14(6-4-13)22(23,24)25/h3-10,12,27H,11H2,1-2H3,(H2,26,29)(H,28,30). The van der Waals surface area contributed by atoms with Gasteiger partial charge in [0.2, 0.25) is 0 Å². The second kappa shape index (κ2) is 8.29. The Kier molecular flexibility index (Phi) is 5.52. The maximum Gasteiger partial charge on any atom is 0.416 e. The molecule has 0 atom stereocenters. The smallest absolute Gasteiger partial charge is 0.416 e. The van der Waals surface area contributed by atoms with Crippen LogP contribution in [0.1, 0.15) is 11.1 Å². The van der Waals surface area contributed by atoms with E-state index in [1.54, 1.807) is 14.2 Å². The first-order valence-corrected chi connectivity index (χ1v) is 9.71. The molecule has 0 spiro atoms. The number of fused-ring (bicyclic) bond motifs is 1. The van der Waals surface area contributed by atoms with E-state index in [0.717, 1.165) is 34.8 Å². The first-order valence-electron chi connectivity index (χ1n) is 9.71. The van der Waals surface area contributed by atoms with Gasteiger partial charge in [0.25, 0.3) is 0 Å². The molecule has 0 bridgehead atoms. The molecule has 10 heteroatoms. The first-order chi connectivity index (χ1) is 15.3. The van der Waals surface area contributed by atoms with Crippen molar-refractivity contribution in [1.29, 1.82) is 0 Å². The lowest BCUT2D eigenvalue weighted by atomic mass is 10.1. The van der Waals surface area contributed by atoms with Crippen molar-refractivity contribution in [3.8, 4) is 11.4 Å². The maximum atomic E-state index is 12.8. The molecule has 0 unspecified atom stereocenters. The van der Waals surface area contributed by atoms with Crippen molar-refractivity contribution in [2.75, 3.05) is 30.5 Å². The molecule has 2 aromatic heterocycles. The molecular weight excluding hydrogens is 421 g/mol. The number of methoxy groups -OCH3 is 1. The molecule has 166 valence electrons. The van der Waals surface area contributed by atoms with E-state index in [0.29, 0.717) is 16.8 Å². The lowest BCUT2D eigenvalue weighted by molar-refractivity contribution is -0.137. The van der Waals surface area contributed by atoms with Gasteiger partial charge < -0.3 is 25.7 Å². The van der Waals surface area contributed by atoms with E-state index in [1.165, 1.54) is 12.1 Å². The molecule has 0 aliphatic rings. The van der Waals surface area contributed by atoms with Gasteiger partial charge in [-0.15, -0.1) is 10.2 Å². The molecule has 0 fully saturated rings. The molecule has 2 aromatic carbocycles. The highest BCUT2D eigenvalue weighted by molar-refractivity contribution is 6.06. The van der Waals surface area contributed by atoms with Gasteiger partial charge in [-0.05, 0) is 42.0 Å². The van der Waals surface area contributed by atoms with Gasteiger partial charge >= 0.3 is 6.18 Å². The predicted molar refractivity (Wildman–Crippen MR) is 118 cm³/mol. The van der Waals surface area contributed by atoms with Crippen molar-refractivity contribution < 1.29 is 17.9 Å². The van der Waals surface area contributed by atoms with Crippen molar-refractivity contribution >= 4 is 28.2 Å². The number of hydrogen-bond donors (Lipinski definition) is 3. The lowest BCUT2D eigenvalue weighted by Gasteiger charge is -2.10. The Balaban J connectivity index is 1.68. The van der Waals surface area contributed by atoms with E-state index in [-0.39, 0.29) is 12.4 Å². The number of alkyl halides is 3. The van der Waals surface area contributed by atoms with Gasteiger partial charge in [0, 0.05) is 25.5 Å². The minimum absolute atomic E-state index is 0.261. The fraction of sp³-hybridized carbons (Fsp3) is 0.182. The first kappa shape index (κ1) is 21.3. The number of halogens is 3. The van der Waals surface area contributed by atoms with Crippen LogP contribution in [-0.4, -0.2) is 28.9 Å². The van der Waals surface area contributed by atoms with Crippen LogP contribution in [0.25, 0.3) is 16.5 Å². The highest BCUT2D eigenvalue weighted by Gasteiger charge is 2.29. The van der Waals surface area contributed by atoms with Gasteiger partial charge in [0.05, 0.1) is 23.4 Å². The Morgan fingerprint density at radius 3 is 2.31 bits per heavy atom. The third-order valence-electron chi connectivity index (χ3n) is 5.10. The SMILES string of the molecule is CNc1c2c(N)nnc(NCc3ccc(C(F)(F)F)cc3)c2cn1-c1ccc(OC)cc1. The fourth-order valence-corrected chi connectivity index (χ4v) is 3.47. The van der Waals surface area contributed by atoms with Crippen molar-refractivity contribution in [3.63, 3.8) is 0 Å². The minimum atomic E-state index is -4.37. The van der Waals surface area contributed by atoms with Crippen LogP contribution in [0.2, 0.25) is 0 Å². The van der Waals surface area contributed by atoms with E-state index in [4.69, 9.17) is 10.5 Å². The number of anilines is 3. The molecule has 7 nitrogen and oxygen atoms in total. The van der Waals surface area contributed by atoms with Gasteiger partial charge in [0.1, 0.15) is 11.6 Å². The molecular formula is C22H21F3N6O. The molecule has 2 heterocycles. The number of nitrogens with one attached hydrogen (secondary N) is 2. The molecule has 4 aromatic rings. The molecule has 0 radical (unpaired) electrons. The summed E-state index contributed by atoms with van der Waals surface area (Å²) >= 11 is 0. The number of nitrogens with zero attached hydrogens (tertiary/aromatic N) is 3. The van der Waals surface area contributed by atoms with Crippen molar-refractivity contribution in [1.82, 2.24) is 14.8 Å². The van der Waals surface area contributed by atoms with Crippen LogP contribution >= 0.6 is 0 Å². The normalized spacial score (nSPS) is 11.5. The summed E-state index contributed by atoms with van der Waals surface area (Å²) in [5.41, 5.74) is 6.98.